The van der Waals surface area contributed by atoms with E-state index in [4.69, 9.17) is 0 Å². The largest absolute Gasteiger partial charge is 0.313 e. The fourth-order valence-corrected chi connectivity index (χ4v) is 0.822. The van der Waals surface area contributed by atoms with Crippen molar-refractivity contribution in [1.82, 2.24) is 10.7 Å². The third-order valence-corrected chi connectivity index (χ3v) is 1.44. The Hall–Kier alpha value is -1.56. The van der Waals surface area contributed by atoms with Gasteiger partial charge in [0.2, 0.25) is 0 Å². The van der Waals surface area contributed by atoms with E-state index >= 15 is 0 Å². The summed E-state index contributed by atoms with van der Waals surface area (Å²) < 4.78 is 0. The first-order chi connectivity index (χ1) is 7.00. The number of nitrogens with zero attached hydrogens (tertiary/aromatic N) is 4. The molecular formula is C8H14N6. The first kappa shape index (κ1) is 10.5. The molecule has 6 heteroatoms. The zero-order chi connectivity index (χ0) is 9.90. The quantitative estimate of drug-likeness (QED) is 0.534. The van der Waals surface area contributed by atoms with Gasteiger partial charge in [0.25, 0.3) is 0 Å². The van der Waals surface area contributed by atoms with Crippen LogP contribution in [0, 0.1) is 0 Å². The molecule has 0 aromatic carbocycles. The molecule has 0 saturated carbocycles. The van der Waals surface area contributed by atoms with E-state index in [0.717, 1.165) is 26.2 Å². The first-order valence-corrected chi connectivity index (χ1v) is 4.50. The maximum Gasteiger partial charge on any atom is 0.0696 e. The van der Waals surface area contributed by atoms with Crippen molar-refractivity contribution >= 4 is 24.9 Å². The lowest BCUT2D eigenvalue weighted by molar-refractivity contribution is 0.635. The molecule has 6 nitrogen and oxygen atoms in total. The SMILES string of the molecule is C1=NCCNCCN\N=C/C=N\N=C/1. The Morgan fingerprint density at radius 1 is 0.857 bits per heavy atom. The average Bonchev–Trinajstić information content (AvgIpc) is 2.22. The summed E-state index contributed by atoms with van der Waals surface area (Å²) in [5.74, 6) is 0. The standard InChI is InChI=1S/C8H14N6/c1-2-10-4-6-12-14-8-7-13-11-5-3-9-1/h3,5,7-8,10,12H,1-2,4,6H2/b9-3?,11-5-,13-7-,14-8-. The number of nitrogens with one attached hydrogen (secondary N) is 2. The molecule has 2 N–H and O–H groups in total. The Balaban J connectivity index is 2.36. The number of hydrogen-bond donors (Lipinski definition) is 2. The minimum absolute atomic E-state index is 0.749. The molecule has 0 bridgehead atoms. The number of hydrogen-bond acceptors (Lipinski definition) is 6. The van der Waals surface area contributed by atoms with Crippen molar-refractivity contribution in [1.29, 1.82) is 0 Å². The molecule has 1 aliphatic rings. The highest BCUT2D eigenvalue weighted by Gasteiger charge is 1.84. The van der Waals surface area contributed by atoms with Crippen LogP contribution < -0.4 is 10.7 Å². The van der Waals surface area contributed by atoms with Crippen LogP contribution in [0.3, 0.4) is 0 Å². The van der Waals surface area contributed by atoms with Gasteiger partial charge in [-0.05, 0) is 0 Å². The van der Waals surface area contributed by atoms with Crippen molar-refractivity contribution in [2.45, 2.75) is 0 Å². The van der Waals surface area contributed by atoms with Crippen molar-refractivity contribution in [2.75, 3.05) is 26.2 Å². The summed E-state index contributed by atoms with van der Waals surface area (Å²) in [6, 6.07) is 0. The maximum absolute atomic E-state index is 4.09. The predicted molar refractivity (Wildman–Crippen MR) is 59.7 cm³/mol. The van der Waals surface area contributed by atoms with Gasteiger partial charge in [-0.1, -0.05) is 0 Å². The fraction of sp³-hybridized carbons (Fsp3) is 0.500. The third kappa shape index (κ3) is 6.01. The van der Waals surface area contributed by atoms with Crippen molar-refractivity contribution in [3.8, 4) is 0 Å². The average molecular weight is 194 g/mol. The van der Waals surface area contributed by atoms with Crippen LogP contribution in [0.2, 0.25) is 0 Å². The van der Waals surface area contributed by atoms with Crippen molar-refractivity contribution < 1.29 is 0 Å². The summed E-state index contributed by atoms with van der Waals surface area (Å²) in [5, 5.41) is 14.5. The molecule has 0 atom stereocenters. The van der Waals surface area contributed by atoms with Gasteiger partial charge in [0.1, 0.15) is 0 Å². The van der Waals surface area contributed by atoms with Crippen LogP contribution in [-0.2, 0) is 0 Å². The smallest absolute Gasteiger partial charge is 0.0696 e. The van der Waals surface area contributed by atoms with E-state index in [-0.39, 0.29) is 0 Å². The highest BCUT2D eigenvalue weighted by atomic mass is 15.3. The Kier molecular flexibility index (Phi) is 6.05. The normalized spacial score (nSPS) is 25.7. The van der Waals surface area contributed by atoms with Gasteiger partial charge < -0.3 is 10.7 Å². The molecule has 0 aromatic rings. The van der Waals surface area contributed by atoms with Crippen molar-refractivity contribution in [2.24, 2.45) is 20.3 Å². The third-order valence-electron chi connectivity index (χ3n) is 1.44. The van der Waals surface area contributed by atoms with Gasteiger partial charge in [-0.2, -0.15) is 15.3 Å². The summed E-state index contributed by atoms with van der Waals surface area (Å²) in [6.45, 7) is 3.27. The molecular weight excluding hydrogens is 180 g/mol. The molecule has 0 unspecified atom stereocenters. The lowest BCUT2D eigenvalue weighted by Crippen LogP contribution is -2.26. The van der Waals surface area contributed by atoms with Crippen molar-refractivity contribution in [3.05, 3.63) is 0 Å². The van der Waals surface area contributed by atoms with E-state index < -0.39 is 0 Å². The van der Waals surface area contributed by atoms with Gasteiger partial charge in [-0.15, -0.1) is 0 Å². The molecule has 76 valence electrons. The van der Waals surface area contributed by atoms with Gasteiger partial charge in [0, 0.05) is 25.8 Å². The molecule has 0 aromatic heterocycles. The van der Waals surface area contributed by atoms with Crippen LogP contribution in [0.5, 0.6) is 0 Å². The Morgan fingerprint density at radius 3 is 2.64 bits per heavy atom. The van der Waals surface area contributed by atoms with Gasteiger partial charge in [0.05, 0.1) is 25.2 Å². The second kappa shape index (κ2) is 8.06. The van der Waals surface area contributed by atoms with Crippen LogP contribution in [0.15, 0.2) is 20.3 Å². The molecule has 0 spiro atoms. The molecule has 0 aliphatic carbocycles. The summed E-state index contributed by atoms with van der Waals surface area (Å²) >= 11 is 0. The van der Waals surface area contributed by atoms with Gasteiger partial charge in [0.15, 0.2) is 0 Å². The number of aliphatic imine (C=N–C) groups is 1. The minimum Gasteiger partial charge on any atom is -0.313 e. The first-order valence-electron chi connectivity index (χ1n) is 4.50. The molecule has 1 aliphatic heterocycles. The van der Waals surface area contributed by atoms with Gasteiger partial charge >= 0.3 is 0 Å². The van der Waals surface area contributed by atoms with E-state index in [1.165, 1.54) is 6.21 Å². The summed E-state index contributed by atoms with van der Waals surface area (Å²) in [7, 11) is 0. The van der Waals surface area contributed by atoms with Gasteiger partial charge in [-0.3, -0.25) is 4.99 Å². The molecule has 0 saturated heterocycles. The van der Waals surface area contributed by atoms with E-state index in [2.05, 4.69) is 31.0 Å². The van der Waals surface area contributed by atoms with Crippen LogP contribution in [-0.4, -0.2) is 51.0 Å². The second-order valence-corrected chi connectivity index (χ2v) is 2.52. The maximum atomic E-state index is 4.09. The van der Waals surface area contributed by atoms with E-state index in [1.807, 2.05) is 0 Å². The predicted octanol–water partition coefficient (Wildman–Crippen LogP) is -0.708. The highest BCUT2D eigenvalue weighted by molar-refractivity contribution is 6.17. The number of hydrazone groups is 1. The molecule has 1 rings (SSSR count). The van der Waals surface area contributed by atoms with Crippen LogP contribution in [0.1, 0.15) is 0 Å². The lowest BCUT2D eigenvalue weighted by atomic mass is 10.5. The lowest BCUT2D eigenvalue weighted by Gasteiger charge is -2.01. The summed E-state index contributed by atoms with van der Waals surface area (Å²) in [5.41, 5.74) is 2.86. The molecule has 0 radical (unpaired) electrons. The zero-order valence-corrected chi connectivity index (χ0v) is 7.93. The van der Waals surface area contributed by atoms with E-state index in [0.29, 0.717) is 0 Å². The minimum atomic E-state index is 0.749. The zero-order valence-electron chi connectivity index (χ0n) is 7.93. The topological polar surface area (TPSA) is 73.5 Å². The molecule has 14 heavy (non-hydrogen) atoms. The number of rotatable bonds is 0. The summed E-state index contributed by atoms with van der Waals surface area (Å²) in [4.78, 5) is 4.09. The highest BCUT2D eigenvalue weighted by Crippen LogP contribution is 1.69. The van der Waals surface area contributed by atoms with Crippen molar-refractivity contribution in [3.63, 3.8) is 0 Å². The summed E-state index contributed by atoms with van der Waals surface area (Å²) in [6.07, 6.45) is 6.25. The fourth-order valence-electron chi connectivity index (χ4n) is 0.822. The second-order valence-electron chi connectivity index (χ2n) is 2.52. The monoisotopic (exact) mass is 194 g/mol. The molecule has 1 heterocycles. The van der Waals surface area contributed by atoms with Gasteiger partial charge in [-0.25, -0.2) is 0 Å². The van der Waals surface area contributed by atoms with Crippen LogP contribution in [0.25, 0.3) is 0 Å². The van der Waals surface area contributed by atoms with E-state index in [9.17, 15) is 0 Å². The molecule has 0 fully saturated rings. The van der Waals surface area contributed by atoms with Crippen LogP contribution in [0.4, 0.5) is 0 Å². The Bertz CT molecular complexity index is 216. The Morgan fingerprint density at radius 2 is 1.71 bits per heavy atom. The van der Waals surface area contributed by atoms with E-state index in [1.54, 1.807) is 18.6 Å². The van der Waals surface area contributed by atoms with Crippen LogP contribution >= 0.6 is 0 Å². The molecule has 0 amide bonds. The Labute approximate surface area is 82.9 Å².